The van der Waals surface area contributed by atoms with Gasteiger partial charge in [0, 0.05) is 41.2 Å². The van der Waals surface area contributed by atoms with Crippen LogP contribution in [-0.2, 0) is 27.4 Å². The molecule has 4 atom stereocenters. The largest absolute Gasteiger partial charge is 0.508 e. The highest BCUT2D eigenvalue weighted by molar-refractivity contribution is 7.80. The van der Waals surface area contributed by atoms with Crippen molar-refractivity contribution in [3.63, 3.8) is 0 Å². The van der Waals surface area contributed by atoms with E-state index >= 15 is 0 Å². The molecule has 10 nitrogen and oxygen atoms in total. The van der Waals surface area contributed by atoms with Gasteiger partial charge >= 0.3 is 6.09 Å². The van der Waals surface area contributed by atoms with Crippen LogP contribution in [0.2, 0.25) is 0 Å². The van der Waals surface area contributed by atoms with Crippen LogP contribution in [-0.4, -0.2) is 112 Å². The summed E-state index contributed by atoms with van der Waals surface area (Å²) in [7, 11) is 7.67. The van der Waals surface area contributed by atoms with E-state index in [1.807, 2.05) is 77.0 Å². The molecule has 0 bridgehead atoms. The number of likely N-dealkylation sites (N-methyl/N-ethyl adjacent to an activating group) is 2. The summed E-state index contributed by atoms with van der Waals surface area (Å²) in [5.74, 6) is 0.483. The van der Waals surface area contributed by atoms with Crippen molar-refractivity contribution in [2.75, 3.05) is 41.3 Å². The number of carbonyl (C=O) groups is 1. The molecule has 1 amide bonds. The molecule has 0 unspecified atom stereocenters. The van der Waals surface area contributed by atoms with Crippen molar-refractivity contribution < 1.29 is 29.2 Å². The number of carbonyl (C=O) groups excluding carboxylic acids is 1. The van der Waals surface area contributed by atoms with Crippen LogP contribution in [0.3, 0.4) is 0 Å². The first-order valence-electron chi connectivity index (χ1n) is 15.1. The normalized spacial score (nSPS) is 21.1. The third-order valence-electron chi connectivity index (χ3n) is 7.24. The number of phenolic OH excluding ortho intramolecular Hbond substituents is 2. The second-order valence-corrected chi connectivity index (χ2v) is 13.6. The lowest BCUT2D eigenvalue weighted by atomic mass is 10.2. The first-order chi connectivity index (χ1) is 21.1. The fraction of sp³-hybridized carbons (Fsp3) is 0.545. The summed E-state index contributed by atoms with van der Waals surface area (Å²) in [6.45, 7) is 7.65. The molecular weight excluding hydrogens is 613 g/mol. The van der Waals surface area contributed by atoms with Crippen LogP contribution in [0, 0.1) is 0 Å². The van der Waals surface area contributed by atoms with Crippen molar-refractivity contribution in [1.82, 2.24) is 20.0 Å². The zero-order chi connectivity index (χ0) is 33.3. The Hall–Kier alpha value is -3.03. The van der Waals surface area contributed by atoms with E-state index in [-0.39, 0.29) is 41.9 Å². The number of likely N-dealkylation sites (tertiary alicyclic amines) is 1. The number of nitrogens with zero attached hydrogens (tertiary/aromatic N) is 3. The van der Waals surface area contributed by atoms with Gasteiger partial charge in [0.05, 0.1) is 49.0 Å². The molecule has 248 valence electrons. The topological polar surface area (TPSA) is 107 Å². The van der Waals surface area contributed by atoms with Crippen LogP contribution < -0.4 is 5.32 Å². The van der Waals surface area contributed by atoms with Gasteiger partial charge in [0.2, 0.25) is 0 Å². The number of ether oxygens (including phenoxy) is 3. The zero-order valence-corrected chi connectivity index (χ0v) is 29.0. The summed E-state index contributed by atoms with van der Waals surface area (Å²) >= 11 is 10.9. The molecule has 2 fully saturated rings. The van der Waals surface area contributed by atoms with E-state index in [1.165, 1.54) is 0 Å². The monoisotopic (exact) mass is 660 g/mol. The molecule has 4 rings (SSSR count). The maximum Gasteiger partial charge on any atom is 0.410 e. The average molecular weight is 661 g/mol. The molecule has 0 radical (unpaired) electrons. The summed E-state index contributed by atoms with van der Waals surface area (Å²) in [5.41, 5.74) is 1.30. The number of aromatic hydroxyl groups is 2. The summed E-state index contributed by atoms with van der Waals surface area (Å²) < 4.78 is 17.4. The molecule has 2 aromatic carbocycles. The third kappa shape index (κ3) is 11.7. The van der Waals surface area contributed by atoms with Crippen LogP contribution in [0.15, 0.2) is 48.5 Å². The Morgan fingerprint density at radius 1 is 0.889 bits per heavy atom. The number of benzene rings is 2. The van der Waals surface area contributed by atoms with Gasteiger partial charge in [-0.3, -0.25) is 4.90 Å². The van der Waals surface area contributed by atoms with Gasteiger partial charge in [0.25, 0.3) is 0 Å². The molecule has 0 aromatic heterocycles. The standard InChI is InChI=1S/C19H28N2O4S.C14H20N2O2S/c1-19(2,3)25-18(23)21-11-15(10-16(21)17(26)20(4)5)24-12-13-7-6-8-14(22)9-13;1-16(2)14(19)13-7-12(8-15-13)18-9-10-4-3-5-11(17)6-10/h6-9,15-16,22H,10-12H2,1-5H3;3-6,12-13,15,17H,7-9H2,1-2H3/t15-,16+;12-,13+/m11/s1. The van der Waals surface area contributed by atoms with Crippen molar-refractivity contribution >= 4 is 40.5 Å². The molecular formula is C33H48N4O6S2. The van der Waals surface area contributed by atoms with E-state index in [0.717, 1.165) is 29.1 Å². The third-order valence-corrected chi connectivity index (χ3v) is 8.53. The SMILES string of the molecule is CN(C)C(=S)[C@@H]1C[C@@H](OCc2cccc(O)c2)CN1.CN(C)C(=S)[C@@H]1C[C@@H](OCc2cccc(O)c2)CN1C(=O)OC(C)(C)C. The lowest BCUT2D eigenvalue weighted by molar-refractivity contribution is 0.0169. The maximum absolute atomic E-state index is 12.6. The van der Waals surface area contributed by atoms with Gasteiger partial charge in [0.1, 0.15) is 22.1 Å². The predicted molar refractivity (Wildman–Crippen MR) is 184 cm³/mol. The minimum absolute atomic E-state index is 0.146. The van der Waals surface area contributed by atoms with Crippen LogP contribution >= 0.6 is 24.4 Å². The Kier molecular flexibility index (Phi) is 13.4. The minimum atomic E-state index is -0.568. The molecule has 2 aliphatic rings. The molecule has 2 heterocycles. The number of thiocarbonyl (C=S) groups is 2. The zero-order valence-electron chi connectivity index (χ0n) is 27.4. The summed E-state index contributed by atoms with van der Waals surface area (Å²) in [6, 6.07) is 14.1. The Balaban J connectivity index is 0.000000257. The van der Waals surface area contributed by atoms with Crippen molar-refractivity contribution in [2.45, 2.75) is 76.7 Å². The van der Waals surface area contributed by atoms with E-state index in [4.69, 9.17) is 38.6 Å². The Morgan fingerprint density at radius 3 is 1.91 bits per heavy atom. The summed E-state index contributed by atoms with van der Waals surface area (Å²) in [6.07, 6.45) is 1.17. The van der Waals surface area contributed by atoms with Crippen LogP contribution in [0.1, 0.15) is 44.7 Å². The van der Waals surface area contributed by atoms with E-state index in [1.54, 1.807) is 35.2 Å². The predicted octanol–water partition coefficient (Wildman–Crippen LogP) is 4.70. The van der Waals surface area contributed by atoms with Gasteiger partial charge < -0.3 is 39.5 Å². The summed E-state index contributed by atoms with van der Waals surface area (Å²) in [5, 5.41) is 22.3. The van der Waals surface area contributed by atoms with E-state index in [9.17, 15) is 15.0 Å². The summed E-state index contributed by atoms with van der Waals surface area (Å²) in [4.78, 5) is 19.7. The molecule has 0 aliphatic carbocycles. The molecule has 0 saturated carbocycles. The van der Waals surface area contributed by atoms with Gasteiger partial charge in [-0.2, -0.15) is 0 Å². The minimum Gasteiger partial charge on any atom is -0.508 e. The number of rotatable bonds is 8. The molecule has 0 spiro atoms. The quantitative estimate of drug-likeness (QED) is 0.343. The molecule has 2 aromatic rings. The number of hydrogen-bond donors (Lipinski definition) is 3. The smallest absolute Gasteiger partial charge is 0.410 e. The Bertz CT molecular complexity index is 1300. The highest BCUT2D eigenvalue weighted by atomic mass is 32.1. The number of hydrogen-bond acceptors (Lipinski definition) is 9. The van der Waals surface area contributed by atoms with Crippen molar-refractivity contribution in [3.8, 4) is 11.5 Å². The number of amides is 1. The Labute approximate surface area is 278 Å². The number of nitrogens with one attached hydrogen (secondary N) is 1. The molecule has 45 heavy (non-hydrogen) atoms. The molecule has 3 N–H and O–H groups in total. The maximum atomic E-state index is 12.6. The van der Waals surface area contributed by atoms with E-state index < -0.39 is 5.60 Å². The second-order valence-electron chi connectivity index (χ2n) is 12.8. The highest BCUT2D eigenvalue weighted by Crippen LogP contribution is 2.26. The van der Waals surface area contributed by atoms with Crippen LogP contribution in [0.25, 0.3) is 0 Å². The Morgan fingerprint density at radius 2 is 1.42 bits per heavy atom. The average Bonchev–Trinajstić information content (AvgIpc) is 3.61. The lowest BCUT2D eigenvalue weighted by Gasteiger charge is -2.30. The number of phenols is 2. The van der Waals surface area contributed by atoms with Gasteiger partial charge in [-0.25, -0.2) is 4.79 Å². The van der Waals surface area contributed by atoms with Gasteiger partial charge in [-0.05, 0) is 62.6 Å². The lowest BCUT2D eigenvalue weighted by Crippen LogP contribution is -2.46. The highest BCUT2D eigenvalue weighted by Gasteiger charge is 2.40. The first kappa shape index (κ1) is 36.4. The first-order valence-corrected chi connectivity index (χ1v) is 15.9. The van der Waals surface area contributed by atoms with Crippen molar-refractivity contribution in [1.29, 1.82) is 0 Å². The molecule has 2 aliphatic heterocycles. The van der Waals surface area contributed by atoms with Crippen molar-refractivity contribution in [3.05, 3.63) is 59.7 Å². The van der Waals surface area contributed by atoms with Crippen molar-refractivity contribution in [2.24, 2.45) is 0 Å². The second kappa shape index (κ2) is 16.5. The molecule has 12 heteroatoms. The van der Waals surface area contributed by atoms with E-state index in [0.29, 0.717) is 31.2 Å². The fourth-order valence-electron chi connectivity index (χ4n) is 5.02. The van der Waals surface area contributed by atoms with Gasteiger partial charge in [0.15, 0.2) is 0 Å². The van der Waals surface area contributed by atoms with E-state index in [2.05, 4.69) is 5.32 Å². The van der Waals surface area contributed by atoms with Crippen LogP contribution in [0.5, 0.6) is 11.5 Å². The fourth-order valence-corrected chi connectivity index (χ4v) is 5.43. The molecule has 2 saturated heterocycles. The van der Waals surface area contributed by atoms with Crippen LogP contribution in [0.4, 0.5) is 4.79 Å². The van der Waals surface area contributed by atoms with Gasteiger partial charge in [-0.15, -0.1) is 0 Å². The van der Waals surface area contributed by atoms with Gasteiger partial charge in [-0.1, -0.05) is 48.7 Å².